The summed E-state index contributed by atoms with van der Waals surface area (Å²) in [5, 5.41) is 2.80. The number of carbonyl (C=O) groups excluding carboxylic acids is 1. The van der Waals surface area contributed by atoms with Crippen LogP contribution in [0.25, 0.3) is 0 Å². The van der Waals surface area contributed by atoms with Crippen molar-refractivity contribution in [1.82, 2.24) is 4.31 Å². The van der Waals surface area contributed by atoms with Crippen molar-refractivity contribution >= 4 is 21.6 Å². The van der Waals surface area contributed by atoms with E-state index in [1.807, 2.05) is 6.92 Å². The smallest absolute Gasteiger partial charge is 0.255 e. The maximum atomic E-state index is 12.8. The topological polar surface area (TPSA) is 75.7 Å². The summed E-state index contributed by atoms with van der Waals surface area (Å²) >= 11 is 0. The third-order valence-electron chi connectivity index (χ3n) is 4.80. The standard InChI is InChI=1S/C21H26N2O4S/c1-3-27-19-10-8-18(9-11-19)22-21(24)17-6-12-20(13-7-17)28(25,26)23-14-4-5-16(2)15-23/h6-13,16H,3-5,14-15H2,1-2H3,(H,22,24). The van der Waals surface area contributed by atoms with Crippen LogP contribution in [0.1, 0.15) is 37.0 Å². The average Bonchev–Trinajstić information content (AvgIpc) is 2.70. The first kappa shape index (κ1) is 20.4. The van der Waals surface area contributed by atoms with Gasteiger partial charge in [0.1, 0.15) is 5.75 Å². The second kappa shape index (κ2) is 8.75. The molecule has 0 saturated carbocycles. The SMILES string of the molecule is CCOc1ccc(NC(=O)c2ccc(S(=O)(=O)N3CCCC(C)C3)cc2)cc1. The second-order valence-corrected chi connectivity index (χ2v) is 8.98. The van der Waals surface area contributed by atoms with E-state index in [-0.39, 0.29) is 10.8 Å². The van der Waals surface area contributed by atoms with Crippen LogP contribution >= 0.6 is 0 Å². The van der Waals surface area contributed by atoms with Gasteiger partial charge in [0.05, 0.1) is 11.5 Å². The number of carbonyl (C=O) groups is 1. The van der Waals surface area contributed by atoms with Crippen LogP contribution < -0.4 is 10.1 Å². The summed E-state index contributed by atoms with van der Waals surface area (Å²) in [6.07, 6.45) is 1.93. The van der Waals surface area contributed by atoms with Crippen molar-refractivity contribution in [2.45, 2.75) is 31.6 Å². The first-order valence-electron chi connectivity index (χ1n) is 9.54. The van der Waals surface area contributed by atoms with E-state index in [0.29, 0.717) is 36.9 Å². The van der Waals surface area contributed by atoms with Gasteiger partial charge in [-0.3, -0.25) is 4.79 Å². The maximum absolute atomic E-state index is 12.8. The van der Waals surface area contributed by atoms with Crippen LogP contribution in [-0.4, -0.2) is 38.3 Å². The fourth-order valence-corrected chi connectivity index (χ4v) is 4.89. The van der Waals surface area contributed by atoms with Gasteiger partial charge in [0.15, 0.2) is 0 Å². The molecule has 0 aliphatic carbocycles. The van der Waals surface area contributed by atoms with E-state index in [2.05, 4.69) is 12.2 Å². The van der Waals surface area contributed by atoms with Crippen LogP contribution in [0, 0.1) is 5.92 Å². The van der Waals surface area contributed by atoms with Gasteiger partial charge < -0.3 is 10.1 Å². The van der Waals surface area contributed by atoms with Crippen molar-refractivity contribution in [3.05, 3.63) is 54.1 Å². The molecule has 1 aliphatic heterocycles. The molecule has 0 aromatic heterocycles. The largest absolute Gasteiger partial charge is 0.494 e. The Kier molecular flexibility index (Phi) is 6.36. The highest BCUT2D eigenvalue weighted by molar-refractivity contribution is 7.89. The highest BCUT2D eigenvalue weighted by Crippen LogP contribution is 2.24. The molecule has 1 atom stereocenters. The van der Waals surface area contributed by atoms with E-state index < -0.39 is 10.0 Å². The predicted molar refractivity (Wildman–Crippen MR) is 109 cm³/mol. The lowest BCUT2D eigenvalue weighted by atomic mass is 10.0. The van der Waals surface area contributed by atoms with Crippen LogP contribution in [0.5, 0.6) is 5.75 Å². The van der Waals surface area contributed by atoms with Crippen LogP contribution in [0.2, 0.25) is 0 Å². The Morgan fingerprint density at radius 3 is 2.43 bits per heavy atom. The number of anilines is 1. The van der Waals surface area contributed by atoms with Gasteiger partial charge in [0, 0.05) is 24.3 Å². The minimum Gasteiger partial charge on any atom is -0.494 e. The number of nitrogens with one attached hydrogen (secondary N) is 1. The Balaban J connectivity index is 1.68. The van der Waals surface area contributed by atoms with E-state index >= 15 is 0 Å². The Morgan fingerprint density at radius 1 is 1.14 bits per heavy atom. The van der Waals surface area contributed by atoms with E-state index in [9.17, 15) is 13.2 Å². The average molecular weight is 403 g/mol. The molecule has 1 fully saturated rings. The summed E-state index contributed by atoms with van der Waals surface area (Å²) in [4.78, 5) is 12.6. The normalized spacial score (nSPS) is 17.9. The van der Waals surface area contributed by atoms with Crippen LogP contribution in [0.4, 0.5) is 5.69 Å². The molecule has 0 radical (unpaired) electrons. The quantitative estimate of drug-likeness (QED) is 0.798. The fraction of sp³-hybridized carbons (Fsp3) is 0.381. The van der Waals surface area contributed by atoms with E-state index in [4.69, 9.17) is 4.74 Å². The van der Waals surface area contributed by atoms with E-state index in [0.717, 1.165) is 18.6 Å². The summed E-state index contributed by atoms with van der Waals surface area (Å²) in [6.45, 7) is 5.65. The molecule has 1 unspecified atom stereocenters. The fourth-order valence-electron chi connectivity index (χ4n) is 3.30. The van der Waals surface area contributed by atoms with E-state index in [1.165, 1.54) is 16.4 Å². The van der Waals surface area contributed by atoms with Crippen molar-refractivity contribution in [1.29, 1.82) is 0 Å². The van der Waals surface area contributed by atoms with Crippen molar-refractivity contribution in [3.8, 4) is 5.75 Å². The summed E-state index contributed by atoms with van der Waals surface area (Å²) in [7, 11) is -3.52. The Morgan fingerprint density at radius 2 is 1.82 bits per heavy atom. The van der Waals surface area contributed by atoms with Crippen molar-refractivity contribution in [3.63, 3.8) is 0 Å². The second-order valence-electron chi connectivity index (χ2n) is 7.05. The zero-order chi connectivity index (χ0) is 20.1. The van der Waals surface area contributed by atoms with Gasteiger partial charge in [-0.1, -0.05) is 6.92 Å². The molecule has 6 nitrogen and oxygen atoms in total. The Hall–Kier alpha value is -2.38. The highest BCUT2D eigenvalue weighted by atomic mass is 32.2. The van der Waals surface area contributed by atoms with Gasteiger partial charge >= 0.3 is 0 Å². The summed E-state index contributed by atoms with van der Waals surface area (Å²) < 4.78 is 32.5. The van der Waals surface area contributed by atoms with E-state index in [1.54, 1.807) is 36.4 Å². The molecule has 2 aromatic carbocycles. The number of benzene rings is 2. The molecule has 0 bridgehead atoms. The third-order valence-corrected chi connectivity index (χ3v) is 6.68. The summed E-state index contributed by atoms with van der Waals surface area (Å²) in [5.41, 5.74) is 1.05. The summed E-state index contributed by atoms with van der Waals surface area (Å²) in [6, 6.07) is 13.2. The van der Waals surface area contributed by atoms with Crippen molar-refractivity contribution < 1.29 is 17.9 Å². The Bertz CT molecular complexity index is 908. The number of nitrogens with zero attached hydrogens (tertiary/aromatic N) is 1. The van der Waals surface area contributed by atoms with Gasteiger partial charge in [0.2, 0.25) is 10.0 Å². The van der Waals surface area contributed by atoms with Gasteiger partial charge in [-0.25, -0.2) is 8.42 Å². The van der Waals surface area contributed by atoms with Gasteiger partial charge in [-0.2, -0.15) is 4.31 Å². The molecule has 7 heteroatoms. The molecule has 2 aromatic rings. The molecule has 1 N–H and O–H groups in total. The number of hydrogen-bond acceptors (Lipinski definition) is 4. The molecule has 28 heavy (non-hydrogen) atoms. The van der Waals surface area contributed by atoms with Gasteiger partial charge in [-0.05, 0) is 74.2 Å². The zero-order valence-corrected chi connectivity index (χ0v) is 17.0. The number of hydrogen-bond donors (Lipinski definition) is 1. The molecule has 0 spiro atoms. The Labute approximate surface area is 166 Å². The van der Waals surface area contributed by atoms with Crippen molar-refractivity contribution in [2.24, 2.45) is 5.92 Å². The predicted octanol–water partition coefficient (Wildman–Crippen LogP) is 3.76. The minimum atomic E-state index is -3.52. The summed E-state index contributed by atoms with van der Waals surface area (Å²) in [5.74, 6) is 0.810. The van der Waals surface area contributed by atoms with Crippen LogP contribution in [-0.2, 0) is 10.0 Å². The molecule has 1 saturated heterocycles. The molecule has 1 aliphatic rings. The lowest BCUT2D eigenvalue weighted by Crippen LogP contribution is -2.39. The van der Waals surface area contributed by atoms with Gasteiger partial charge in [0.25, 0.3) is 5.91 Å². The van der Waals surface area contributed by atoms with Crippen LogP contribution in [0.3, 0.4) is 0 Å². The van der Waals surface area contributed by atoms with Crippen molar-refractivity contribution in [2.75, 3.05) is 25.0 Å². The molecular weight excluding hydrogens is 376 g/mol. The molecular formula is C21H26N2O4S. The zero-order valence-electron chi connectivity index (χ0n) is 16.2. The highest BCUT2D eigenvalue weighted by Gasteiger charge is 2.28. The molecule has 1 heterocycles. The monoisotopic (exact) mass is 402 g/mol. The first-order valence-corrected chi connectivity index (χ1v) is 11.0. The number of ether oxygens (including phenoxy) is 1. The number of rotatable bonds is 6. The lowest BCUT2D eigenvalue weighted by Gasteiger charge is -2.30. The molecule has 150 valence electrons. The third kappa shape index (κ3) is 4.72. The lowest BCUT2D eigenvalue weighted by molar-refractivity contribution is 0.102. The number of sulfonamides is 1. The number of piperidine rings is 1. The minimum absolute atomic E-state index is 0.221. The first-order chi connectivity index (χ1) is 13.4. The number of amides is 1. The molecule has 1 amide bonds. The maximum Gasteiger partial charge on any atom is 0.255 e. The molecule has 3 rings (SSSR count). The van der Waals surface area contributed by atoms with Gasteiger partial charge in [-0.15, -0.1) is 0 Å². The van der Waals surface area contributed by atoms with Crippen LogP contribution in [0.15, 0.2) is 53.4 Å².